The van der Waals surface area contributed by atoms with E-state index in [1.165, 1.54) is 0 Å². The average Bonchev–Trinajstić information content (AvgIpc) is 2.63. The SMILES string of the molecule is C[C@@H]1[C@H](C(=O)O)CCCN1C(=O)c1ccc(Oc2ccncc2)c(Cl)c1. The van der Waals surface area contributed by atoms with Crippen molar-refractivity contribution in [2.24, 2.45) is 5.92 Å². The van der Waals surface area contributed by atoms with Gasteiger partial charge in [0.25, 0.3) is 5.91 Å². The first-order chi connectivity index (χ1) is 12.5. The molecule has 0 saturated carbocycles. The van der Waals surface area contributed by atoms with E-state index < -0.39 is 11.9 Å². The molecule has 7 heteroatoms. The summed E-state index contributed by atoms with van der Waals surface area (Å²) < 4.78 is 5.68. The quantitative estimate of drug-likeness (QED) is 0.879. The minimum atomic E-state index is -0.867. The number of piperidine rings is 1. The molecule has 0 bridgehead atoms. The highest BCUT2D eigenvalue weighted by molar-refractivity contribution is 6.32. The van der Waals surface area contributed by atoms with Gasteiger partial charge in [-0.15, -0.1) is 0 Å². The van der Waals surface area contributed by atoms with Gasteiger partial charge in [0.1, 0.15) is 11.5 Å². The van der Waals surface area contributed by atoms with Gasteiger partial charge in [0.05, 0.1) is 10.9 Å². The Balaban J connectivity index is 1.78. The fourth-order valence-corrected chi connectivity index (χ4v) is 3.39. The van der Waals surface area contributed by atoms with E-state index in [4.69, 9.17) is 16.3 Å². The Morgan fingerprint density at radius 3 is 2.65 bits per heavy atom. The van der Waals surface area contributed by atoms with Crippen LogP contribution in [0.5, 0.6) is 11.5 Å². The van der Waals surface area contributed by atoms with Crippen LogP contribution in [-0.2, 0) is 4.79 Å². The molecule has 1 amide bonds. The van der Waals surface area contributed by atoms with Crippen molar-refractivity contribution in [3.05, 3.63) is 53.3 Å². The summed E-state index contributed by atoms with van der Waals surface area (Å²) in [5.41, 5.74) is 0.412. The molecular weight excluding hydrogens is 356 g/mol. The summed E-state index contributed by atoms with van der Waals surface area (Å²) >= 11 is 6.27. The number of amides is 1. The van der Waals surface area contributed by atoms with Gasteiger partial charge < -0.3 is 14.7 Å². The summed E-state index contributed by atoms with van der Waals surface area (Å²) in [7, 11) is 0. The summed E-state index contributed by atoms with van der Waals surface area (Å²) in [4.78, 5) is 29.7. The predicted molar refractivity (Wildman–Crippen MR) is 96.6 cm³/mol. The van der Waals surface area contributed by atoms with Crippen molar-refractivity contribution >= 4 is 23.5 Å². The Labute approximate surface area is 156 Å². The maximum Gasteiger partial charge on any atom is 0.308 e. The summed E-state index contributed by atoms with van der Waals surface area (Å²) in [6.45, 7) is 2.31. The summed E-state index contributed by atoms with van der Waals surface area (Å²) in [5, 5.41) is 9.63. The van der Waals surface area contributed by atoms with Crippen LogP contribution in [0.3, 0.4) is 0 Å². The standard InChI is InChI=1S/C19H19ClN2O4/c1-12-15(19(24)25)3-2-10-22(12)18(23)13-4-5-17(16(20)11-13)26-14-6-8-21-9-7-14/h4-9,11-12,15H,2-3,10H2,1H3,(H,24,25)/t12-,15-/m1/s1. The van der Waals surface area contributed by atoms with Crippen molar-refractivity contribution in [1.82, 2.24) is 9.88 Å². The van der Waals surface area contributed by atoms with E-state index in [9.17, 15) is 14.7 Å². The van der Waals surface area contributed by atoms with Gasteiger partial charge in [-0.05, 0) is 50.1 Å². The zero-order chi connectivity index (χ0) is 18.7. The summed E-state index contributed by atoms with van der Waals surface area (Å²) in [6, 6.07) is 7.88. The molecule has 2 aromatic rings. The second kappa shape index (κ2) is 7.74. The minimum absolute atomic E-state index is 0.221. The van der Waals surface area contributed by atoms with Crippen LogP contribution in [0.1, 0.15) is 30.1 Å². The van der Waals surface area contributed by atoms with Gasteiger partial charge in [-0.25, -0.2) is 0 Å². The van der Waals surface area contributed by atoms with Crippen LogP contribution >= 0.6 is 11.6 Å². The number of benzene rings is 1. The lowest BCUT2D eigenvalue weighted by molar-refractivity contribution is -0.144. The van der Waals surface area contributed by atoms with Gasteiger partial charge in [0, 0.05) is 30.5 Å². The van der Waals surface area contributed by atoms with Gasteiger partial charge >= 0.3 is 5.97 Å². The Morgan fingerprint density at radius 2 is 2.00 bits per heavy atom. The van der Waals surface area contributed by atoms with E-state index in [0.29, 0.717) is 41.5 Å². The van der Waals surface area contributed by atoms with Gasteiger partial charge in [0.2, 0.25) is 0 Å². The van der Waals surface area contributed by atoms with E-state index in [0.717, 1.165) is 0 Å². The van der Waals surface area contributed by atoms with Crippen LogP contribution in [0.2, 0.25) is 5.02 Å². The molecule has 136 valence electrons. The van der Waals surface area contributed by atoms with Gasteiger partial charge in [-0.1, -0.05) is 11.6 Å². The van der Waals surface area contributed by atoms with Crippen molar-refractivity contribution in [3.8, 4) is 11.5 Å². The molecule has 1 aliphatic heterocycles. The average molecular weight is 375 g/mol. The predicted octanol–water partition coefficient (Wildman–Crippen LogP) is 3.85. The lowest BCUT2D eigenvalue weighted by Crippen LogP contribution is -2.49. The molecule has 3 rings (SSSR count). The molecule has 2 heterocycles. The van der Waals surface area contributed by atoms with Crippen molar-refractivity contribution < 1.29 is 19.4 Å². The first-order valence-electron chi connectivity index (χ1n) is 8.38. The number of carboxylic acids is 1. The number of aromatic nitrogens is 1. The number of likely N-dealkylation sites (tertiary alicyclic amines) is 1. The van der Waals surface area contributed by atoms with Gasteiger partial charge in [-0.2, -0.15) is 0 Å². The summed E-state index contributed by atoms with van der Waals surface area (Å²) in [6.07, 6.45) is 4.47. The first-order valence-corrected chi connectivity index (χ1v) is 8.76. The number of rotatable bonds is 4. The zero-order valence-electron chi connectivity index (χ0n) is 14.3. The fourth-order valence-electron chi connectivity index (χ4n) is 3.18. The van der Waals surface area contributed by atoms with E-state index in [-0.39, 0.29) is 11.9 Å². The van der Waals surface area contributed by atoms with Crippen LogP contribution < -0.4 is 4.74 Å². The first kappa shape index (κ1) is 18.2. The Bertz CT molecular complexity index is 812. The third-order valence-corrected chi connectivity index (χ3v) is 4.92. The van der Waals surface area contributed by atoms with Crippen molar-refractivity contribution in [1.29, 1.82) is 0 Å². The molecule has 0 radical (unpaired) electrons. The molecule has 0 aliphatic carbocycles. The number of ether oxygens (including phenoxy) is 1. The monoisotopic (exact) mass is 374 g/mol. The molecule has 0 unspecified atom stereocenters. The molecule has 0 spiro atoms. The highest BCUT2D eigenvalue weighted by Crippen LogP contribution is 2.31. The number of carbonyl (C=O) groups is 2. The fraction of sp³-hybridized carbons (Fsp3) is 0.316. The van der Waals surface area contributed by atoms with Crippen molar-refractivity contribution in [2.45, 2.75) is 25.8 Å². The second-order valence-electron chi connectivity index (χ2n) is 6.26. The van der Waals surface area contributed by atoms with Crippen LogP contribution in [0.4, 0.5) is 0 Å². The van der Waals surface area contributed by atoms with Crippen molar-refractivity contribution in [3.63, 3.8) is 0 Å². The van der Waals surface area contributed by atoms with Crippen LogP contribution in [0, 0.1) is 5.92 Å². The largest absolute Gasteiger partial charge is 0.481 e. The maximum absolute atomic E-state index is 12.8. The number of pyridine rings is 1. The highest BCUT2D eigenvalue weighted by Gasteiger charge is 2.35. The van der Waals surface area contributed by atoms with Crippen LogP contribution in [0.15, 0.2) is 42.7 Å². The zero-order valence-corrected chi connectivity index (χ0v) is 15.0. The number of carboxylic acid groups (broad SMARTS) is 1. The molecule has 26 heavy (non-hydrogen) atoms. The maximum atomic E-state index is 12.8. The van der Waals surface area contributed by atoms with Crippen LogP contribution in [-0.4, -0.2) is 39.5 Å². The number of hydrogen-bond acceptors (Lipinski definition) is 4. The highest BCUT2D eigenvalue weighted by atomic mass is 35.5. The van der Waals surface area contributed by atoms with Crippen molar-refractivity contribution in [2.75, 3.05) is 6.54 Å². The van der Waals surface area contributed by atoms with E-state index in [1.807, 2.05) is 0 Å². The molecule has 6 nitrogen and oxygen atoms in total. The number of halogens is 1. The molecular formula is C19H19ClN2O4. The van der Waals surface area contributed by atoms with Gasteiger partial charge in [0.15, 0.2) is 0 Å². The third kappa shape index (κ3) is 3.80. The molecule has 2 atom stereocenters. The number of aliphatic carboxylic acids is 1. The molecule has 1 aliphatic rings. The smallest absolute Gasteiger partial charge is 0.308 e. The third-order valence-electron chi connectivity index (χ3n) is 4.62. The second-order valence-corrected chi connectivity index (χ2v) is 6.66. The Morgan fingerprint density at radius 1 is 1.27 bits per heavy atom. The van der Waals surface area contributed by atoms with E-state index in [1.54, 1.807) is 54.5 Å². The molecule has 1 saturated heterocycles. The number of hydrogen-bond donors (Lipinski definition) is 1. The van der Waals surface area contributed by atoms with Crippen LogP contribution in [0.25, 0.3) is 0 Å². The van der Waals surface area contributed by atoms with Gasteiger partial charge in [-0.3, -0.25) is 14.6 Å². The van der Waals surface area contributed by atoms with E-state index >= 15 is 0 Å². The summed E-state index contributed by atoms with van der Waals surface area (Å²) in [5.74, 6) is -0.605. The Hall–Kier alpha value is -2.60. The molecule has 1 N–H and O–H groups in total. The Kier molecular flexibility index (Phi) is 5.42. The normalized spacial score (nSPS) is 19.8. The number of carbonyl (C=O) groups excluding carboxylic acids is 1. The topological polar surface area (TPSA) is 79.7 Å². The molecule has 1 aromatic heterocycles. The minimum Gasteiger partial charge on any atom is -0.481 e. The molecule has 1 fully saturated rings. The number of nitrogens with zero attached hydrogens (tertiary/aromatic N) is 2. The lowest BCUT2D eigenvalue weighted by Gasteiger charge is -2.37. The molecule has 1 aromatic carbocycles. The van der Waals surface area contributed by atoms with E-state index in [2.05, 4.69) is 4.98 Å². The lowest BCUT2D eigenvalue weighted by atomic mass is 9.90.